The van der Waals surface area contributed by atoms with Gasteiger partial charge in [0.25, 0.3) is 0 Å². The van der Waals surface area contributed by atoms with Gasteiger partial charge in [-0.25, -0.2) is 0 Å². The summed E-state index contributed by atoms with van der Waals surface area (Å²) in [4.78, 5) is 0. The molecule has 2 N–H and O–H groups in total. The van der Waals surface area contributed by atoms with Gasteiger partial charge in [-0.2, -0.15) is 0 Å². The Morgan fingerprint density at radius 3 is 2.80 bits per heavy atom. The molecule has 0 amide bonds. The minimum atomic E-state index is 0.290. The molecule has 0 unspecified atom stereocenters. The van der Waals surface area contributed by atoms with E-state index in [4.69, 9.17) is 27.6 Å². The van der Waals surface area contributed by atoms with Gasteiger partial charge in [0.15, 0.2) is 0 Å². The van der Waals surface area contributed by atoms with Crippen LogP contribution in [0.15, 0.2) is 21.0 Å². The van der Waals surface area contributed by atoms with E-state index in [1.54, 1.807) is 12.1 Å². The summed E-state index contributed by atoms with van der Waals surface area (Å²) in [7, 11) is 0. The van der Waals surface area contributed by atoms with E-state index in [2.05, 4.69) is 36.8 Å². The number of hydrogen-bond acceptors (Lipinski definition) is 5. The average molecular weight is 378 g/mol. The third-order valence-corrected chi connectivity index (χ3v) is 4.63. The quantitative estimate of drug-likeness (QED) is 0.767. The Kier molecular flexibility index (Phi) is 4.16. The van der Waals surface area contributed by atoms with Crippen LogP contribution < -0.4 is 10.6 Å². The van der Waals surface area contributed by atoms with Crippen LogP contribution in [0.1, 0.15) is 18.7 Å². The molecule has 0 bridgehead atoms. The molecule has 0 saturated heterocycles. The number of halogens is 3. The largest absolute Gasteiger partial charge is 0.406 e. The van der Waals surface area contributed by atoms with Crippen LogP contribution in [0.5, 0.6) is 0 Å². The summed E-state index contributed by atoms with van der Waals surface area (Å²) < 4.78 is 6.21. The zero-order chi connectivity index (χ0) is 14.1. The molecule has 1 aromatic carbocycles. The molecule has 1 aliphatic carbocycles. The van der Waals surface area contributed by atoms with E-state index < -0.39 is 0 Å². The summed E-state index contributed by atoms with van der Waals surface area (Å²) in [5, 5.41) is 15.0. The predicted octanol–water partition coefficient (Wildman–Crippen LogP) is 4.13. The SMILES string of the molecule is Clc1c(Br)ccc(Nc2nnc(CNC3CC3)o2)c1Cl. The van der Waals surface area contributed by atoms with Crippen molar-refractivity contribution in [2.45, 2.75) is 25.4 Å². The van der Waals surface area contributed by atoms with Crippen LogP contribution >= 0.6 is 39.1 Å². The Morgan fingerprint density at radius 2 is 2.05 bits per heavy atom. The highest BCUT2D eigenvalue weighted by Crippen LogP contribution is 2.36. The number of anilines is 2. The number of benzene rings is 1. The van der Waals surface area contributed by atoms with Crippen molar-refractivity contribution in [3.05, 3.63) is 32.5 Å². The van der Waals surface area contributed by atoms with Gasteiger partial charge in [-0.3, -0.25) is 0 Å². The van der Waals surface area contributed by atoms with Gasteiger partial charge in [0, 0.05) is 10.5 Å². The number of aromatic nitrogens is 2. The summed E-state index contributed by atoms with van der Waals surface area (Å²) >= 11 is 15.5. The lowest BCUT2D eigenvalue weighted by atomic mass is 10.3. The topological polar surface area (TPSA) is 63.0 Å². The molecule has 3 rings (SSSR count). The fourth-order valence-corrected chi connectivity index (χ4v) is 2.45. The van der Waals surface area contributed by atoms with Crippen LogP contribution in [0, 0.1) is 0 Å². The van der Waals surface area contributed by atoms with Crippen LogP contribution in [0.2, 0.25) is 10.0 Å². The molecule has 0 atom stereocenters. The van der Waals surface area contributed by atoms with Crippen molar-refractivity contribution >= 4 is 50.8 Å². The van der Waals surface area contributed by atoms with Crippen LogP contribution in [0.3, 0.4) is 0 Å². The molecule has 20 heavy (non-hydrogen) atoms. The van der Waals surface area contributed by atoms with E-state index in [1.807, 2.05) is 0 Å². The maximum Gasteiger partial charge on any atom is 0.320 e. The summed E-state index contributed by atoms with van der Waals surface area (Å²) in [6.07, 6.45) is 2.43. The van der Waals surface area contributed by atoms with Gasteiger partial charge in [0.05, 0.1) is 22.3 Å². The molecule has 8 heteroatoms. The van der Waals surface area contributed by atoms with Crippen LogP contribution in [-0.4, -0.2) is 16.2 Å². The Balaban J connectivity index is 1.69. The fraction of sp³-hybridized carbons (Fsp3) is 0.333. The molecule has 0 spiro atoms. The lowest BCUT2D eigenvalue weighted by Gasteiger charge is -2.06. The van der Waals surface area contributed by atoms with Gasteiger partial charge < -0.3 is 15.1 Å². The summed E-state index contributed by atoms with van der Waals surface area (Å²) in [5.41, 5.74) is 0.616. The highest BCUT2D eigenvalue weighted by atomic mass is 79.9. The van der Waals surface area contributed by atoms with Gasteiger partial charge in [0.2, 0.25) is 5.89 Å². The predicted molar refractivity (Wildman–Crippen MR) is 81.6 cm³/mol. The lowest BCUT2D eigenvalue weighted by Crippen LogP contribution is -2.15. The fourth-order valence-electron chi connectivity index (χ4n) is 1.63. The standard InChI is InChI=1S/C12H11BrCl2N4O/c13-7-3-4-8(11(15)10(7)14)17-12-19-18-9(20-12)5-16-6-1-2-6/h3-4,6,16H,1-2,5H2,(H,17,19). The second kappa shape index (κ2) is 5.89. The van der Waals surface area contributed by atoms with Gasteiger partial charge in [-0.1, -0.05) is 28.3 Å². The number of nitrogens with zero attached hydrogens (tertiary/aromatic N) is 2. The van der Waals surface area contributed by atoms with E-state index >= 15 is 0 Å². The molecular weight excluding hydrogens is 367 g/mol. The van der Waals surface area contributed by atoms with Crippen molar-refractivity contribution in [3.8, 4) is 0 Å². The van der Waals surface area contributed by atoms with Crippen molar-refractivity contribution in [2.24, 2.45) is 0 Å². The molecule has 1 saturated carbocycles. The van der Waals surface area contributed by atoms with Gasteiger partial charge in [-0.05, 0) is 40.9 Å². The normalized spacial score (nSPS) is 14.6. The van der Waals surface area contributed by atoms with Crippen LogP contribution in [0.4, 0.5) is 11.7 Å². The van der Waals surface area contributed by atoms with Gasteiger partial charge in [0.1, 0.15) is 0 Å². The second-order valence-corrected chi connectivity index (χ2v) is 6.11. The van der Waals surface area contributed by atoms with E-state index in [1.165, 1.54) is 12.8 Å². The van der Waals surface area contributed by atoms with Crippen molar-refractivity contribution in [1.29, 1.82) is 0 Å². The smallest absolute Gasteiger partial charge is 0.320 e. The van der Waals surface area contributed by atoms with Gasteiger partial charge >= 0.3 is 6.01 Å². The zero-order valence-electron chi connectivity index (χ0n) is 10.3. The molecule has 1 aliphatic rings. The molecule has 0 radical (unpaired) electrons. The van der Waals surface area contributed by atoms with Crippen molar-refractivity contribution in [3.63, 3.8) is 0 Å². The van der Waals surface area contributed by atoms with Crippen molar-refractivity contribution < 1.29 is 4.42 Å². The Morgan fingerprint density at radius 1 is 1.25 bits per heavy atom. The van der Waals surface area contributed by atoms with Crippen LogP contribution in [0.25, 0.3) is 0 Å². The highest BCUT2D eigenvalue weighted by molar-refractivity contribution is 9.10. The van der Waals surface area contributed by atoms with E-state index in [0.717, 1.165) is 4.47 Å². The molecule has 106 valence electrons. The molecule has 2 aromatic rings. The second-order valence-electron chi connectivity index (χ2n) is 4.50. The first-order chi connectivity index (χ1) is 9.63. The van der Waals surface area contributed by atoms with Crippen molar-refractivity contribution in [1.82, 2.24) is 15.5 Å². The maximum absolute atomic E-state index is 6.14. The third-order valence-electron chi connectivity index (χ3n) is 2.86. The molecule has 1 aromatic heterocycles. The summed E-state index contributed by atoms with van der Waals surface area (Å²) in [5.74, 6) is 0.540. The maximum atomic E-state index is 6.14. The third kappa shape index (κ3) is 3.25. The van der Waals surface area contributed by atoms with Gasteiger partial charge in [-0.15, -0.1) is 5.10 Å². The number of rotatable bonds is 5. The molecule has 5 nitrogen and oxygen atoms in total. The van der Waals surface area contributed by atoms with E-state index in [0.29, 0.717) is 34.2 Å². The van der Waals surface area contributed by atoms with Crippen molar-refractivity contribution in [2.75, 3.05) is 5.32 Å². The zero-order valence-corrected chi connectivity index (χ0v) is 13.4. The first-order valence-corrected chi connectivity index (χ1v) is 7.64. The van der Waals surface area contributed by atoms with E-state index in [-0.39, 0.29) is 6.01 Å². The lowest BCUT2D eigenvalue weighted by molar-refractivity contribution is 0.478. The molecule has 0 aliphatic heterocycles. The summed E-state index contributed by atoms with van der Waals surface area (Å²) in [6, 6.07) is 4.46. The monoisotopic (exact) mass is 376 g/mol. The minimum absolute atomic E-state index is 0.290. The minimum Gasteiger partial charge on any atom is -0.406 e. The Hall–Kier alpha value is -0.820. The first-order valence-electron chi connectivity index (χ1n) is 6.10. The molecule has 1 fully saturated rings. The average Bonchev–Trinajstić information content (AvgIpc) is 3.17. The Bertz CT molecular complexity index is 630. The number of hydrogen-bond donors (Lipinski definition) is 2. The highest BCUT2D eigenvalue weighted by Gasteiger charge is 2.21. The first kappa shape index (κ1) is 14.1. The van der Waals surface area contributed by atoms with Crippen LogP contribution in [-0.2, 0) is 6.54 Å². The number of nitrogens with one attached hydrogen (secondary N) is 2. The van der Waals surface area contributed by atoms with E-state index in [9.17, 15) is 0 Å². The molecular formula is C12H11BrCl2N4O. The molecule has 1 heterocycles. The summed E-state index contributed by atoms with van der Waals surface area (Å²) in [6.45, 7) is 0.578. The Labute approximate surface area is 134 Å².